The molecule has 2 heterocycles. The van der Waals surface area contributed by atoms with Gasteiger partial charge >= 0.3 is 0 Å². The highest BCUT2D eigenvalue weighted by atomic mass is 35.5. The minimum atomic E-state index is 0.485. The zero-order valence-corrected chi connectivity index (χ0v) is 12.6. The summed E-state index contributed by atoms with van der Waals surface area (Å²) in [7, 11) is 0. The Morgan fingerprint density at radius 1 is 1.14 bits per heavy atom. The van der Waals surface area contributed by atoms with Crippen LogP contribution in [-0.2, 0) is 4.74 Å². The molecule has 110 valence electrons. The molecule has 0 radical (unpaired) electrons. The van der Waals surface area contributed by atoms with Crippen molar-refractivity contribution in [3.05, 3.63) is 35.0 Å². The van der Waals surface area contributed by atoms with Crippen LogP contribution in [0.4, 0.5) is 11.5 Å². The molecular formula is C15H17ClN4O. The topological polar surface area (TPSA) is 64.3 Å². The summed E-state index contributed by atoms with van der Waals surface area (Å²) in [5.41, 5.74) is 8.23. The summed E-state index contributed by atoms with van der Waals surface area (Å²) >= 11 is 6.29. The predicted molar refractivity (Wildman–Crippen MR) is 84.7 cm³/mol. The van der Waals surface area contributed by atoms with E-state index in [-0.39, 0.29) is 0 Å². The molecule has 3 rings (SSSR count). The van der Waals surface area contributed by atoms with Gasteiger partial charge in [-0.3, -0.25) is 0 Å². The van der Waals surface area contributed by atoms with Gasteiger partial charge in [0.1, 0.15) is 11.0 Å². The molecule has 2 aromatic rings. The van der Waals surface area contributed by atoms with Gasteiger partial charge in [0.15, 0.2) is 5.82 Å². The molecule has 1 fully saturated rings. The number of aromatic nitrogens is 2. The molecule has 0 bridgehead atoms. The van der Waals surface area contributed by atoms with Crippen LogP contribution in [0.1, 0.15) is 5.56 Å². The van der Waals surface area contributed by atoms with Crippen LogP contribution in [0.3, 0.4) is 0 Å². The first-order chi connectivity index (χ1) is 10.1. The van der Waals surface area contributed by atoms with Crippen LogP contribution in [0.5, 0.6) is 0 Å². The Morgan fingerprint density at radius 2 is 1.81 bits per heavy atom. The van der Waals surface area contributed by atoms with Crippen molar-refractivity contribution in [1.82, 2.24) is 9.97 Å². The van der Waals surface area contributed by atoms with Gasteiger partial charge in [-0.15, -0.1) is 0 Å². The monoisotopic (exact) mass is 304 g/mol. The molecule has 0 unspecified atom stereocenters. The van der Waals surface area contributed by atoms with E-state index >= 15 is 0 Å². The lowest BCUT2D eigenvalue weighted by Gasteiger charge is -2.29. The minimum absolute atomic E-state index is 0.485. The highest BCUT2D eigenvalue weighted by molar-refractivity contribution is 6.30. The third kappa shape index (κ3) is 2.94. The summed E-state index contributed by atoms with van der Waals surface area (Å²) in [5.74, 6) is 1.50. The van der Waals surface area contributed by atoms with Gasteiger partial charge in [-0.1, -0.05) is 11.6 Å². The minimum Gasteiger partial charge on any atom is -0.399 e. The molecule has 1 aliphatic rings. The van der Waals surface area contributed by atoms with Gasteiger partial charge in [-0.25, -0.2) is 9.97 Å². The summed E-state index contributed by atoms with van der Waals surface area (Å²) in [6.07, 6.45) is 0. The lowest BCUT2D eigenvalue weighted by molar-refractivity contribution is 0.122. The molecule has 0 amide bonds. The number of nitrogens with two attached hydrogens (primary N) is 1. The highest BCUT2D eigenvalue weighted by Gasteiger charge is 2.18. The third-order valence-corrected chi connectivity index (χ3v) is 3.91. The number of anilines is 2. The van der Waals surface area contributed by atoms with Crippen LogP contribution in [0.2, 0.25) is 5.15 Å². The summed E-state index contributed by atoms with van der Waals surface area (Å²) in [6.45, 7) is 4.99. The van der Waals surface area contributed by atoms with Gasteiger partial charge in [0.2, 0.25) is 0 Å². The third-order valence-electron chi connectivity index (χ3n) is 3.54. The Hall–Kier alpha value is -1.85. The van der Waals surface area contributed by atoms with Crippen molar-refractivity contribution >= 4 is 23.1 Å². The van der Waals surface area contributed by atoms with E-state index in [0.29, 0.717) is 29.9 Å². The Morgan fingerprint density at radius 3 is 2.48 bits per heavy atom. The quantitative estimate of drug-likeness (QED) is 0.682. The lowest BCUT2D eigenvalue weighted by Crippen LogP contribution is -2.37. The van der Waals surface area contributed by atoms with E-state index in [9.17, 15) is 0 Å². The van der Waals surface area contributed by atoms with E-state index in [4.69, 9.17) is 27.1 Å². The Balaban J connectivity index is 2.02. The number of nitrogen functional groups attached to an aromatic ring is 1. The first-order valence-corrected chi connectivity index (χ1v) is 7.25. The normalized spacial score (nSPS) is 15.2. The van der Waals surface area contributed by atoms with E-state index in [0.717, 1.165) is 30.0 Å². The summed E-state index contributed by atoms with van der Waals surface area (Å²) < 4.78 is 5.39. The van der Waals surface area contributed by atoms with Crippen molar-refractivity contribution in [2.75, 3.05) is 36.9 Å². The maximum atomic E-state index is 6.29. The molecular weight excluding hydrogens is 288 g/mol. The molecule has 2 N–H and O–H groups in total. The fourth-order valence-electron chi connectivity index (χ4n) is 2.32. The number of halogens is 1. The number of rotatable bonds is 2. The van der Waals surface area contributed by atoms with Crippen molar-refractivity contribution in [3.8, 4) is 11.4 Å². The fraction of sp³-hybridized carbons (Fsp3) is 0.333. The molecule has 6 heteroatoms. The highest BCUT2D eigenvalue weighted by Crippen LogP contribution is 2.28. The van der Waals surface area contributed by atoms with Gasteiger partial charge in [0, 0.05) is 29.9 Å². The van der Waals surface area contributed by atoms with Crippen LogP contribution >= 0.6 is 11.6 Å². The SMILES string of the molecule is Cc1c(Cl)nc(-c2ccc(N)cc2)nc1N1CCOCC1. The summed E-state index contributed by atoms with van der Waals surface area (Å²) in [4.78, 5) is 11.3. The van der Waals surface area contributed by atoms with Crippen LogP contribution in [-0.4, -0.2) is 36.3 Å². The van der Waals surface area contributed by atoms with Crippen molar-refractivity contribution in [2.45, 2.75) is 6.92 Å². The van der Waals surface area contributed by atoms with E-state index in [2.05, 4.69) is 9.88 Å². The second-order valence-electron chi connectivity index (χ2n) is 5.01. The van der Waals surface area contributed by atoms with Crippen LogP contribution in [0.15, 0.2) is 24.3 Å². The number of nitrogens with zero attached hydrogens (tertiary/aromatic N) is 3. The van der Waals surface area contributed by atoms with Gasteiger partial charge in [-0.2, -0.15) is 0 Å². The molecule has 1 aromatic heterocycles. The Labute approximate surface area is 128 Å². The van der Waals surface area contributed by atoms with Crippen LogP contribution < -0.4 is 10.6 Å². The maximum Gasteiger partial charge on any atom is 0.163 e. The van der Waals surface area contributed by atoms with Gasteiger partial charge < -0.3 is 15.4 Å². The molecule has 0 spiro atoms. The molecule has 5 nitrogen and oxygen atoms in total. The van der Waals surface area contributed by atoms with E-state index in [1.54, 1.807) is 0 Å². The van der Waals surface area contributed by atoms with E-state index in [1.165, 1.54) is 0 Å². The first-order valence-electron chi connectivity index (χ1n) is 6.88. The largest absolute Gasteiger partial charge is 0.399 e. The second-order valence-corrected chi connectivity index (χ2v) is 5.37. The van der Waals surface area contributed by atoms with Gasteiger partial charge in [0.25, 0.3) is 0 Å². The molecule has 0 saturated carbocycles. The zero-order chi connectivity index (χ0) is 14.8. The lowest BCUT2D eigenvalue weighted by atomic mass is 10.2. The average Bonchev–Trinajstić information content (AvgIpc) is 2.51. The van der Waals surface area contributed by atoms with Crippen LogP contribution in [0.25, 0.3) is 11.4 Å². The van der Waals surface area contributed by atoms with Crippen molar-refractivity contribution < 1.29 is 4.74 Å². The van der Waals surface area contributed by atoms with Crippen molar-refractivity contribution in [3.63, 3.8) is 0 Å². The molecule has 0 atom stereocenters. The summed E-state index contributed by atoms with van der Waals surface area (Å²) in [6, 6.07) is 7.47. The maximum absolute atomic E-state index is 6.29. The average molecular weight is 305 g/mol. The van der Waals surface area contributed by atoms with Crippen molar-refractivity contribution in [2.24, 2.45) is 0 Å². The van der Waals surface area contributed by atoms with Crippen LogP contribution in [0, 0.1) is 6.92 Å². The Bertz CT molecular complexity index is 639. The number of benzene rings is 1. The van der Waals surface area contributed by atoms with E-state index < -0.39 is 0 Å². The number of morpholine rings is 1. The molecule has 21 heavy (non-hydrogen) atoms. The molecule has 1 saturated heterocycles. The molecule has 0 aliphatic carbocycles. The number of hydrogen-bond donors (Lipinski definition) is 1. The standard InChI is InChI=1S/C15H17ClN4O/c1-10-13(16)18-14(11-2-4-12(17)5-3-11)19-15(10)20-6-8-21-9-7-20/h2-5H,6-9,17H2,1H3. The predicted octanol–water partition coefficient (Wildman–Crippen LogP) is 2.52. The van der Waals surface area contributed by atoms with Crippen molar-refractivity contribution in [1.29, 1.82) is 0 Å². The van der Waals surface area contributed by atoms with Gasteiger partial charge in [0.05, 0.1) is 13.2 Å². The van der Waals surface area contributed by atoms with E-state index in [1.807, 2.05) is 31.2 Å². The first kappa shape index (κ1) is 14.1. The fourth-order valence-corrected chi connectivity index (χ4v) is 2.49. The smallest absolute Gasteiger partial charge is 0.163 e. The Kier molecular flexibility index (Phi) is 3.94. The van der Waals surface area contributed by atoms with Gasteiger partial charge in [-0.05, 0) is 31.2 Å². The molecule has 1 aromatic carbocycles. The number of ether oxygens (including phenoxy) is 1. The zero-order valence-electron chi connectivity index (χ0n) is 11.8. The summed E-state index contributed by atoms with van der Waals surface area (Å²) in [5, 5.41) is 0.485. The molecule has 1 aliphatic heterocycles. The second kappa shape index (κ2) is 5.87. The number of hydrogen-bond acceptors (Lipinski definition) is 5.